The Hall–Kier alpha value is -2.47. The molecule has 1 unspecified atom stereocenters. The number of para-hydroxylation sites is 1. The molecule has 0 spiro atoms. The summed E-state index contributed by atoms with van der Waals surface area (Å²) in [5, 5.41) is 0. The molecule has 1 saturated heterocycles. The molecular formula is C16H16N4O2. The van der Waals surface area contributed by atoms with Gasteiger partial charge in [-0.25, -0.2) is 9.97 Å². The SMILES string of the molecule is c1ccc(Oc2ncnc3c2ncn3C2CCCCO2)cc1. The Labute approximate surface area is 127 Å². The van der Waals surface area contributed by atoms with Crippen LogP contribution in [0.2, 0.25) is 0 Å². The van der Waals surface area contributed by atoms with Crippen molar-refractivity contribution in [2.24, 2.45) is 0 Å². The van der Waals surface area contributed by atoms with Gasteiger partial charge in [0.2, 0.25) is 0 Å². The van der Waals surface area contributed by atoms with Crippen molar-refractivity contribution in [1.29, 1.82) is 0 Å². The highest BCUT2D eigenvalue weighted by atomic mass is 16.5. The van der Waals surface area contributed by atoms with Crippen LogP contribution in [0.25, 0.3) is 11.2 Å². The van der Waals surface area contributed by atoms with E-state index in [0.717, 1.165) is 37.3 Å². The molecule has 0 radical (unpaired) electrons. The largest absolute Gasteiger partial charge is 0.437 e. The summed E-state index contributed by atoms with van der Waals surface area (Å²) in [7, 11) is 0. The molecule has 0 amide bonds. The van der Waals surface area contributed by atoms with E-state index in [-0.39, 0.29) is 6.23 Å². The van der Waals surface area contributed by atoms with Gasteiger partial charge in [-0.05, 0) is 31.4 Å². The Morgan fingerprint density at radius 3 is 2.82 bits per heavy atom. The number of imidazole rings is 1. The number of hydrogen-bond acceptors (Lipinski definition) is 5. The van der Waals surface area contributed by atoms with Crippen LogP contribution in [0.4, 0.5) is 0 Å². The van der Waals surface area contributed by atoms with Gasteiger partial charge in [0.25, 0.3) is 5.88 Å². The smallest absolute Gasteiger partial charge is 0.250 e. The third-order valence-electron chi connectivity index (χ3n) is 3.75. The molecule has 112 valence electrons. The van der Waals surface area contributed by atoms with Crippen LogP contribution in [-0.2, 0) is 4.74 Å². The first-order valence-corrected chi connectivity index (χ1v) is 7.44. The zero-order chi connectivity index (χ0) is 14.8. The predicted octanol–water partition coefficient (Wildman–Crippen LogP) is 3.32. The average Bonchev–Trinajstić information content (AvgIpc) is 3.02. The van der Waals surface area contributed by atoms with Crippen molar-refractivity contribution < 1.29 is 9.47 Å². The van der Waals surface area contributed by atoms with Crippen LogP contribution in [0.5, 0.6) is 11.6 Å². The van der Waals surface area contributed by atoms with Crippen LogP contribution in [-0.4, -0.2) is 26.1 Å². The summed E-state index contributed by atoms with van der Waals surface area (Å²) in [6.45, 7) is 0.781. The lowest BCUT2D eigenvalue weighted by Gasteiger charge is -2.23. The topological polar surface area (TPSA) is 62.1 Å². The predicted molar refractivity (Wildman–Crippen MR) is 80.7 cm³/mol. The van der Waals surface area contributed by atoms with E-state index in [4.69, 9.17) is 9.47 Å². The van der Waals surface area contributed by atoms with Crippen LogP contribution in [0.3, 0.4) is 0 Å². The highest BCUT2D eigenvalue weighted by molar-refractivity contribution is 5.76. The van der Waals surface area contributed by atoms with Gasteiger partial charge in [-0.1, -0.05) is 18.2 Å². The van der Waals surface area contributed by atoms with Gasteiger partial charge in [0.15, 0.2) is 11.2 Å². The Morgan fingerprint density at radius 1 is 1.09 bits per heavy atom. The Morgan fingerprint density at radius 2 is 2.00 bits per heavy atom. The molecule has 0 bridgehead atoms. The molecule has 1 aliphatic rings. The van der Waals surface area contributed by atoms with E-state index in [1.807, 2.05) is 34.9 Å². The van der Waals surface area contributed by atoms with E-state index in [2.05, 4.69) is 15.0 Å². The quantitative estimate of drug-likeness (QED) is 0.742. The van der Waals surface area contributed by atoms with Crippen molar-refractivity contribution in [2.45, 2.75) is 25.5 Å². The van der Waals surface area contributed by atoms with Crippen molar-refractivity contribution >= 4 is 11.2 Å². The van der Waals surface area contributed by atoms with Gasteiger partial charge < -0.3 is 9.47 Å². The molecule has 0 saturated carbocycles. The molecule has 2 aromatic heterocycles. The highest BCUT2D eigenvalue weighted by Gasteiger charge is 2.20. The highest BCUT2D eigenvalue weighted by Crippen LogP contribution is 2.29. The van der Waals surface area contributed by atoms with Gasteiger partial charge in [0.05, 0.1) is 6.33 Å². The maximum absolute atomic E-state index is 5.82. The van der Waals surface area contributed by atoms with Gasteiger partial charge in [0, 0.05) is 6.61 Å². The summed E-state index contributed by atoms with van der Waals surface area (Å²) in [6.07, 6.45) is 6.50. The molecule has 3 heterocycles. The second-order valence-corrected chi connectivity index (χ2v) is 5.24. The lowest BCUT2D eigenvalue weighted by atomic mass is 10.2. The summed E-state index contributed by atoms with van der Waals surface area (Å²) in [6, 6.07) is 9.55. The molecule has 6 nitrogen and oxygen atoms in total. The van der Waals surface area contributed by atoms with E-state index in [1.165, 1.54) is 6.33 Å². The second kappa shape index (κ2) is 5.73. The van der Waals surface area contributed by atoms with Crippen molar-refractivity contribution in [3.63, 3.8) is 0 Å². The lowest BCUT2D eigenvalue weighted by molar-refractivity contribution is -0.0298. The van der Waals surface area contributed by atoms with Crippen LogP contribution in [0, 0.1) is 0 Å². The standard InChI is InChI=1S/C16H16N4O2/c1-2-6-12(7-3-1)22-16-14-15(17-10-18-16)20(11-19-14)13-8-4-5-9-21-13/h1-3,6-7,10-11,13H,4-5,8-9H2. The van der Waals surface area contributed by atoms with Crippen molar-refractivity contribution in [3.05, 3.63) is 43.0 Å². The fourth-order valence-electron chi connectivity index (χ4n) is 2.66. The number of hydrogen-bond donors (Lipinski definition) is 0. The maximum Gasteiger partial charge on any atom is 0.250 e. The van der Waals surface area contributed by atoms with Crippen molar-refractivity contribution in [3.8, 4) is 11.6 Å². The first-order valence-electron chi connectivity index (χ1n) is 7.44. The minimum Gasteiger partial charge on any atom is -0.437 e. The van der Waals surface area contributed by atoms with Gasteiger partial charge in [-0.3, -0.25) is 4.57 Å². The van der Waals surface area contributed by atoms with E-state index in [1.54, 1.807) is 6.33 Å². The zero-order valence-electron chi connectivity index (χ0n) is 12.1. The Bertz CT molecular complexity index is 766. The number of aromatic nitrogens is 4. The van der Waals surface area contributed by atoms with Gasteiger partial charge in [-0.2, -0.15) is 4.98 Å². The van der Waals surface area contributed by atoms with Gasteiger partial charge in [0.1, 0.15) is 18.3 Å². The lowest BCUT2D eigenvalue weighted by Crippen LogP contribution is -2.17. The average molecular weight is 296 g/mol. The normalized spacial score (nSPS) is 18.5. The van der Waals surface area contributed by atoms with E-state index in [0.29, 0.717) is 11.4 Å². The minimum atomic E-state index is -0.00164. The minimum absolute atomic E-state index is 0.00164. The maximum atomic E-state index is 5.82. The molecule has 6 heteroatoms. The molecule has 1 aromatic carbocycles. The van der Waals surface area contributed by atoms with Crippen molar-refractivity contribution in [2.75, 3.05) is 6.61 Å². The number of ether oxygens (including phenoxy) is 2. The Kier molecular flexibility index (Phi) is 3.44. The van der Waals surface area contributed by atoms with E-state index < -0.39 is 0 Å². The molecule has 0 N–H and O–H groups in total. The second-order valence-electron chi connectivity index (χ2n) is 5.24. The van der Waals surface area contributed by atoms with E-state index in [9.17, 15) is 0 Å². The molecule has 1 atom stereocenters. The molecule has 4 rings (SSSR count). The first-order chi connectivity index (χ1) is 10.9. The van der Waals surface area contributed by atoms with E-state index >= 15 is 0 Å². The fraction of sp³-hybridized carbons (Fsp3) is 0.312. The Balaban J connectivity index is 1.70. The van der Waals surface area contributed by atoms with Gasteiger partial charge in [-0.15, -0.1) is 0 Å². The number of rotatable bonds is 3. The molecule has 0 aliphatic carbocycles. The van der Waals surface area contributed by atoms with Gasteiger partial charge >= 0.3 is 0 Å². The molecular weight excluding hydrogens is 280 g/mol. The third kappa shape index (κ3) is 2.42. The molecule has 3 aromatic rings. The van der Waals surface area contributed by atoms with Crippen LogP contribution in [0.1, 0.15) is 25.5 Å². The fourth-order valence-corrected chi connectivity index (χ4v) is 2.66. The summed E-state index contributed by atoms with van der Waals surface area (Å²) in [4.78, 5) is 13.0. The zero-order valence-corrected chi connectivity index (χ0v) is 12.1. The summed E-state index contributed by atoms with van der Waals surface area (Å²) < 4.78 is 13.6. The van der Waals surface area contributed by atoms with Crippen LogP contribution < -0.4 is 4.74 Å². The molecule has 1 aliphatic heterocycles. The summed E-state index contributed by atoms with van der Waals surface area (Å²) in [5.41, 5.74) is 1.40. The molecule has 22 heavy (non-hydrogen) atoms. The van der Waals surface area contributed by atoms with Crippen LogP contribution >= 0.6 is 0 Å². The summed E-state index contributed by atoms with van der Waals surface area (Å²) in [5.74, 6) is 1.19. The molecule has 1 fully saturated rings. The third-order valence-corrected chi connectivity index (χ3v) is 3.75. The van der Waals surface area contributed by atoms with Crippen LogP contribution in [0.15, 0.2) is 43.0 Å². The number of fused-ring (bicyclic) bond motifs is 1. The summed E-state index contributed by atoms with van der Waals surface area (Å²) >= 11 is 0. The number of benzene rings is 1. The van der Waals surface area contributed by atoms with Crippen molar-refractivity contribution in [1.82, 2.24) is 19.5 Å². The first kappa shape index (κ1) is 13.2. The number of nitrogens with zero attached hydrogens (tertiary/aromatic N) is 4. The monoisotopic (exact) mass is 296 g/mol.